The van der Waals surface area contributed by atoms with Crippen LogP contribution in [0.25, 0.3) is 0 Å². The molecule has 0 radical (unpaired) electrons. The van der Waals surface area contributed by atoms with Crippen LogP contribution in [0.3, 0.4) is 0 Å². The largest absolute Gasteiger partial charge is 0.329 e. The molecule has 0 saturated carbocycles. The molecule has 0 aliphatic carbocycles. The highest BCUT2D eigenvalue weighted by Gasteiger charge is 2.12. The molecule has 0 spiro atoms. The van der Waals surface area contributed by atoms with E-state index in [4.69, 9.17) is 5.73 Å². The molecule has 128 valence electrons. The summed E-state index contributed by atoms with van der Waals surface area (Å²) in [5.74, 6) is -0.717. The Kier molecular flexibility index (Phi) is 7.36. The molecular formula is C18H21BrFN3O. The number of carbonyl (C=O) groups is 1. The summed E-state index contributed by atoms with van der Waals surface area (Å²) in [6.07, 6.45) is 0.834. The number of hydrogen-bond donors (Lipinski definition) is 2. The van der Waals surface area contributed by atoms with Gasteiger partial charge in [-0.2, -0.15) is 0 Å². The molecule has 0 saturated heterocycles. The minimum Gasteiger partial charge on any atom is -0.329 e. The van der Waals surface area contributed by atoms with E-state index in [1.54, 1.807) is 6.07 Å². The minimum atomic E-state index is -0.465. The number of amides is 1. The van der Waals surface area contributed by atoms with Gasteiger partial charge in [0.05, 0.1) is 12.2 Å². The van der Waals surface area contributed by atoms with E-state index in [2.05, 4.69) is 33.4 Å². The van der Waals surface area contributed by atoms with Gasteiger partial charge in [-0.25, -0.2) is 4.39 Å². The number of halogens is 2. The number of anilines is 1. The van der Waals surface area contributed by atoms with Gasteiger partial charge in [-0.1, -0.05) is 46.3 Å². The van der Waals surface area contributed by atoms with E-state index in [1.165, 1.54) is 17.7 Å². The fourth-order valence-corrected chi connectivity index (χ4v) is 2.70. The fourth-order valence-electron chi connectivity index (χ4n) is 2.37. The molecule has 2 rings (SSSR count). The van der Waals surface area contributed by atoms with E-state index in [0.29, 0.717) is 17.6 Å². The lowest BCUT2D eigenvalue weighted by Crippen LogP contribution is -2.38. The topological polar surface area (TPSA) is 58.4 Å². The van der Waals surface area contributed by atoms with Crippen molar-refractivity contribution in [2.24, 2.45) is 5.73 Å². The molecule has 2 aromatic rings. The van der Waals surface area contributed by atoms with Gasteiger partial charge in [0.25, 0.3) is 0 Å². The third-order valence-corrected chi connectivity index (χ3v) is 4.07. The smallest absolute Gasteiger partial charge is 0.238 e. The highest BCUT2D eigenvalue weighted by Crippen LogP contribution is 2.19. The van der Waals surface area contributed by atoms with E-state index in [0.717, 1.165) is 13.0 Å². The second kappa shape index (κ2) is 9.52. The summed E-state index contributed by atoms with van der Waals surface area (Å²) in [7, 11) is 0. The average molecular weight is 394 g/mol. The molecule has 0 aromatic heterocycles. The third kappa shape index (κ3) is 6.03. The van der Waals surface area contributed by atoms with E-state index in [9.17, 15) is 9.18 Å². The summed E-state index contributed by atoms with van der Waals surface area (Å²) < 4.78 is 14.4. The van der Waals surface area contributed by atoms with Crippen molar-refractivity contribution in [2.75, 3.05) is 31.5 Å². The highest BCUT2D eigenvalue weighted by molar-refractivity contribution is 9.10. The van der Waals surface area contributed by atoms with E-state index < -0.39 is 5.82 Å². The third-order valence-electron chi connectivity index (χ3n) is 3.58. The predicted molar refractivity (Wildman–Crippen MR) is 98.4 cm³/mol. The Bertz CT molecular complexity index is 667. The van der Waals surface area contributed by atoms with Gasteiger partial charge in [-0.05, 0) is 30.2 Å². The highest BCUT2D eigenvalue weighted by atomic mass is 79.9. The van der Waals surface area contributed by atoms with Crippen molar-refractivity contribution >= 4 is 27.5 Å². The second-order valence-corrected chi connectivity index (χ2v) is 6.39. The van der Waals surface area contributed by atoms with Crippen molar-refractivity contribution in [3.63, 3.8) is 0 Å². The molecule has 6 heteroatoms. The normalized spacial score (nSPS) is 10.8. The summed E-state index contributed by atoms with van der Waals surface area (Å²) >= 11 is 3.19. The van der Waals surface area contributed by atoms with Crippen LogP contribution in [0.2, 0.25) is 0 Å². The lowest BCUT2D eigenvalue weighted by Gasteiger charge is -2.21. The van der Waals surface area contributed by atoms with Gasteiger partial charge in [-0.15, -0.1) is 0 Å². The molecule has 0 atom stereocenters. The average Bonchev–Trinajstić information content (AvgIpc) is 2.56. The van der Waals surface area contributed by atoms with Crippen molar-refractivity contribution in [1.29, 1.82) is 0 Å². The van der Waals surface area contributed by atoms with Crippen LogP contribution in [0.4, 0.5) is 10.1 Å². The number of rotatable bonds is 8. The summed E-state index contributed by atoms with van der Waals surface area (Å²) in [5.41, 5.74) is 7.02. The Balaban J connectivity index is 1.90. The SMILES string of the molecule is NCCN(CCc1ccccc1)CC(=O)Nc1ccc(Br)cc1F. The van der Waals surface area contributed by atoms with E-state index >= 15 is 0 Å². The first-order chi connectivity index (χ1) is 11.6. The standard InChI is InChI=1S/C18H21BrFN3O/c19-15-6-7-17(16(20)12-15)22-18(24)13-23(11-9-21)10-8-14-4-2-1-3-5-14/h1-7,12H,8-11,13,21H2,(H,22,24). The number of benzene rings is 2. The number of carbonyl (C=O) groups excluding carboxylic acids is 1. The Morgan fingerprint density at radius 2 is 1.92 bits per heavy atom. The van der Waals surface area contributed by atoms with Crippen LogP contribution in [0, 0.1) is 5.82 Å². The summed E-state index contributed by atoms with van der Waals surface area (Å²) in [6, 6.07) is 14.6. The Hall–Kier alpha value is -1.76. The number of nitrogens with zero attached hydrogens (tertiary/aromatic N) is 1. The maximum Gasteiger partial charge on any atom is 0.238 e. The van der Waals surface area contributed by atoms with Gasteiger partial charge in [-0.3, -0.25) is 9.69 Å². The molecule has 1 amide bonds. The molecule has 0 unspecified atom stereocenters. The molecule has 3 N–H and O–H groups in total. The second-order valence-electron chi connectivity index (χ2n) is 5.47. The van der Waals surface area contributed by atoms with Crippen LogP contribution in [-0.4, -0.2) is 37.0 Å². The summed E-state index contributed by atoms with van der Waals surface area (Å²) in [4.78, 5) is 14.1. The first kappa shape index (κ1) is 18.6. The van der Waals surface area contributed by atoms with Gasteiger partial charge in [0.2, 0.25) is 5.91 Å². The van der Waals surface area contributed by atoms with Gasteiger partial charge in [0, 0.05) is 24.1 Å². The van der Waals surface area contributed by atoms with Crippen molar-refractivity contribution in [2.45, 2.75) is 6.42 Å². The van der Waals surface area contributed by atoms with Gasteiger partial charge in [0.15, 0.2) is 0 Å². The first-order valence-corrected chi connectivity index (χ1v) is 8.59. The minimum absolute atomic E-state index is 0.180. The molecule has 0 fully saturated rings. The molecule has 4 nitrogen and oxygen atoms in total. The number of nitrogens with one attached hydrogen (secondary N) is 1. The molecule has 0 aliphatic rings. The van der Waals surface area contributed by atoms with Crippen molar-refractivity contribution < 1.29 is 9.18 Å². The Morgan fingerprint density at radius 1 is 1.17 bits per heavy atom. The monoisotopic (exact) mass is 393 g/mol. The fraction of sp³-hybridized carbons (Fsp3) is 0.278. The van der Waals surface area contributed by atoms with Crippen LogP contribution in [0.15, 0.2) is 53.0 Å². The van der Waals surface area contributed by atoms with Gasteiger partial charge in [0.1, 0.15) is 5.82 Å². The molecular weight excluding hydrogens is 373 g/mol. The summed E-state index contributed by atoms with van der Waals surface area (Å²) in [5, 5.41) is 2.61. The Morgan fingerprint density at radius 3 is 2.58 bits per heavy atom. The quantitative estimate of drug-likeness (QED) is 0.724. The lowest BCUT2D eigenvalue weighted by atomic mass is 10.1. The number of nitrogens with two attached hydrogens (primary N) is 1. The zero-order chi connectivity index (χ0) is 17.4. The maximum atomic E-state index is 13.8. The van der Waals surface area contributed by atoms with Crippen LogP contribution >= 0.6 is 15.9 Å². The number of hydrogen-bond acceptors (Lipinski definition) is 3. The molecule has 24 heavy (non-hydrogen) atoms. The lowest BCUT2D eigenvalue weighted by molar-refractivity contribution is -0.117. The molecule has 0 aliphatic heterocycles. The van der Waals surface area contributed by atoms with E-state index in [-0.39, 0.29) is 18.1 Å². The maximum absolute atomic E-state index is 13.8. The van der Waals surface area contributed by atoms with Crippen molar-refractivity contribution in [1.82, 2.24) is 4.90 Å². The van der Waals surface area contributed by atoms with Crippen LogP contribution in [-0.2, 0) is 11.2 Å². The van der Waals surface area contributed by atoms with Crippen molar-refractivity contribution in [3.8, 4) is 0 Å². The molecule has 2 aromatic carbocycles. The Labute approximate surface area is 150 Å². The van der Waals surface area contributed by atoms with Gasteiger partial charge < -0.3 is 11.1 Å². The zero-order valence-electron chi connectivity index (χ0n) is 13.3. The van der Waals surface area contributed by atoms with Gasteiger partial charge >= 0.3 is 0 Å². The zero-order valence-corrected chi connectivity index (χ0v) is 14.9. The predicted octanol–water partition coefficient (Wildman–Crippen LogP) is 3.03. The van der Waals surface area contributed by atoms with Crippen LogP contribution in [0.5, 0.6) is 0 Å². The van der Waals surface area contributed by atoms with Crippen molar-refractivity contribution in [3.05, 3.63) is 64.4 Å². The van der Waals surface area contributed by atoms with Crippen LogP contribution in [0.1, 0.15) is 5.56 Å². The molecule has 0 heterocycles. The first-order valence-electron chi connectivity index (χ1n) is 7.79. The summed E-state index contributed by atoms with van der Waals surface area (Å²) in [6.45, 7) is 1.98. The molecule has 0 bridgehead atoms. The van der Waals surface area contributed by atoms with E-state index in [1.807, 2.05) is 23.1 Å². The van der Waals surface area contributed by atoms with Crippen LogP contribution < -0.4 is 11.1 Å².